The van der Waals surface area contributed by atoms with Gasteiger partial charge in [0.15, 0.2) is 0 Å². The van der Waals surface area contributed by atoms with E-state index in [9.17, 15) is 4.39 Å². The van der Waals surface area contributed by atoms with E-state index < -0.39 is 0 Å². The number of hydrogen-bond acceptors (Lipinski definition) is 2. The van der Waals surface area contributed by atoms with Crippen LogP contribution in [0.4, 0.5) is 10.1 Å². The summed E-state index contributed by atoms with van der Waals surface area (Å²) in [7, 11) is 0. The van der Waals surface area contributed by atoms with Crippen molar-refractivity contribution in [3.8, 4) is 33.4 Å². The van der Waals surface area contributed by atoms with Gasteiger partial charge in [-0.2, -0.15) is 0 Å². The van der Waals surface area contributed by atoms with E-state index in [2.05, 4.69) is 89.8 Å². The van der Waals surface area contributed by atoms with Crippen LogP contribution in [0.3, 0.4) is 0 Å². The predicted octanol–water partition coefficient (Wildman–Crippen LogP) is 8.47. The molecular weight excluding hydrogens is 443 g/mol. The van der Waals surface area contributed by atoms with Crippen molar-refractivity contribution in [2.24, 2.45) is 4.99 Å². The molecule has 0 bridgehead atoms. The average molecular weight is 467 g/mol. The number of nitrogens with zero attached hydrogens (tertiary/aromatic N) is 2. The van der Waals surface area contributed by atoms with E-state index >= 15 is 0 Å². The van der Waals surface area contributed by atoms with Gasteiger partial charge in [0, 0.05) is 11.1 Å². The predicted molar refractivity (Wildman–Crippen MR) is 146 cm³/mol. The molecule has 0 spiro atoms. The highest BCUT2D eigenvalue weighted by Crippen LogP contribution is 2.54. The zero-order valence-electron chi connectivity index (χ0n) is 19.6. The number of aliphatic imine (C=N–C) groups is 1. The van der Waals surface area contributed by atoms with E-state index in [4.69, 9.17) is 4.99 Å². The molecule has 1 aliphatic carbocycles. The van der Waals surface area contributed by atoms with Gasteiger partial charge in [0.25, 0.3) is 0 Å². The second kappa shape index (κ2) is 8.31. The number of hydrogen-bond donors (Lipinski definition) is 0. The molecule has 2 aliphatic rings. The van der Waals surface area contributed by atoms with Gasteiger partial charge in [0.2, 0.25) is 0 Å². The van der Waals surface area contributed by atoms with E-state index in [0.717, 1.165) is 44.6 Å². The van der Waals surface area contributed by atoms with Crippen molar-refractivity contribution in [3.05, 3.63) is 138 Å². The van der Waals surface area contributed by atoms with Crippen molar-refractivity contribution < 1.29 is 4.39 Å². The van der Waals surface area contributed by atoms with E-state index in [0.29, 0.717) is 0 Å². The lowest BCUT2D eigenvalue weighted by Gasteiger charge is -2.36. The Bertz CT molecular complexity index is 1550. The van der Waals surface area contributed by atoms with Crippen LogP contribution >= 0.6 is 0 Å². The lowest BCUT2D eigenvalue weighted by Crippen LogP contribution is -2.29. The summed E-state index contributed by atoms with van der Waals surface area (Å²) in [6.45, 7) is 0. The molecule has 0 N–H and O–H groups in total. The van der Waals surface area contributed by atoms with Gasteiger partial charge in [-0.3, -0.25) is 4.99 Å². The van der Waals surface area contributed by atoms with Crippen LogP contribution in [0.2, 0.25) is 0 Å². The lowest BCUT2D eigenvalue weighted by atomic mass is 9.79. The molecule has 0 saturated carbocycles. The van der Waals surface area contributed by atoms with Gasteiger partial charge in [0.05, 0.1) is 18.1 Å². The number of fused-ring (bicyclic) bond motifs is 6. The van der Waals surface area contributed by atoms with Crippen LogP contribution in [-0.2, 0) is 0 Å². The topological polar surface area (TPSA) is 15.6 Å². The summed E-state index contributed by atoms with van der Waals surface area (Å²) in [4.78, 5) is 7.37. The van der Waals surface area contributed by atoms with Gasteiger partial charge >= 0.3 is 0 Å². The van der Waals surface area contributed by atoms with Gasteiger partial charge in [-0.15, -0.1) is 0 Å². The van der Waals surface area contributed by atoms with Crippen LogP contribution in [0, 0.1) is 5.82 Å². The molecular formula is C33H23FN2. The molecule has 0 amide bonds. The minimum atomic E-state index is -0.221. The maximum Gasteiger partial charge on any atom is 0.123 e. The first-order chi connectivity index (χ1) is 17.8. The first-order valence-corrected chi connectivity index (χ1v) is 12.2. The summed E-state index contributed by atoms with van der Waals surface area (Å²) in [6, 6.07) is 40.9. The Morgan fingerprint density at radius 1 is 0.556 bits per heavy atom. The fraction of sp³-hybridized carbons (Fsp3) is 0.0606. The number of benzene rings is 5. The molecule has 2 atom stereocenters. The fourth-order valence-electron chi connectivity index (χ4n) is 5.76. The summed E-state index contributed by atoms with van der Waals surface area (Å²) < 4.78 is 14.3. The third-order valence-electron chi connectivity index (χ3n) is 7.32. The standard InChI is InChI=1S/C33H23FN2/c34-24-18-19-28-30(20-24)27-14-7-8-15-29(27)33-31(28)35-21-36(33)32-25(22-10-3-1-4-11-22)16-9-17-26(32)23-12-5-2-6-13-23/h1-21,31,33H. The van der Waals surface area contributed by atoms with E-state index in [1.165, 1.54) is 5.56 Å². The molecule has 2 nitrogen and oxygen atoms in total. The largest absolute Gasteiger partial charge is 0.321 e. The van der Waals surface area contributed by atoms with E-state index in [1.807, 2.05) is 30.6 Å². The van der Waals surface area contributed by atoms with Gasteiger partial charge in [-0.05, 0) is 45.5 Å². The minimum absolute atomic E-state index is 0.0218. The van der Waals surface area contributed by atoms with Crippen LogP contribution in [0.1, 0.15) is 23.2 Å². The molecule has 7 rings (SSSR count). The minimum Gasteiger partial charge on any atom is -0.321 e. The molecule has 0 aromatic heterocycles. The second-order valence-corrected chi connectivity index (χ2v) is 9.31. The second-order valence-electron chi connectivity index (χ2n) is 9.31. The maximum absolute atomic E-state index is 14.3. The van der Waals surface area contributed by atoms with Crippen molar-refractivity contribution in [2.45, 2.75) is 12.1 Å². The summed E-state index contributed by atoms with van der Waals surface area (Å²) in [6.07, 6.45) is 1.98. The normalized spacial score (nSPS) is 17.4. The summed E-state index contributed by atoms with van der Waals surface area (Å²) in [5.74, 6) is -0.221. The molecule has 0 saturated heterocycles. The highest BCUT2D eigenvalue weighted by molar-refractivity contribution is 6.00. The molecule has 172 valence electrons. The maximum atomic E-state index is 14.3. The van der Waals surface area contributed by atoms with Crippen molar-refractivity contribution in [3.63, 3.8) is 0 Å². The molecule has 0 fully saturated rings. The Labute approximate surface area is 210 Å². The third kappa shape index (κ3) is 3.20. The number of halogens is 1. The zero-order chi connectivity index (χ0) is 24.1. The molecule has 2 unspecified atom stereocenters. The molecule has 1 heterocycles. The summed E-state index contributed by atoms with van der Waals surface area (Å²) in [5, 5.41) is 0. The first kappa shape index (κ1) is 20.8. The molecule has 36 heavy (non-hydrogen) atoms. The molecule has 5 aromatic carbocycles. The van der Waals surface area contributed by atoms with Crippen LogP contribution < -0.4 is 4.90 Å². The van der Waals surface area contributed by atoms with E-state index in [-0.39, 0.29) is 17.9 Å². The van der Waals surface area contributed by atoms with Crippen molar-refractivity contribution in [1.82, 2.24) is 0 Å². The van der Waals surface area contributed by atoms with Crippen molar-refractivity contribution in [2.75, 3.05) is 4.90 Å². The third-order valence-corrected chi connectivity index (χ3v) is 7.32. The Morgan fingerprint density at radius 2 is 1.17 bits per heavy atom. The Hall–Kier alpha value is -4.50. The quantitative estimate of drug-likeness (QED) is 0.260. The van der Waals surface area contributed by atoms with Crippen LogP contribution in [0.5, 0.6) is 0 Å². The molecule has 1 aliphatic heterocycles. The highest BCUT2D eigenvalue weighted by atomic mass is 19.1. The van der Waals surface area contributed by atoms with Gasteiger partial charge in [-0.25, -0.2) is 4.39 Å². The summed E-state index contributed by atoms with van der Waals surface area (Å²) >= 11 is 0. The van der Waals surface area contributed by atoms with E-state index in [1.54, 1.807) is 12.1 Å². The van der Waals surface area contributed by atoms with Gasteiger partial charge < -0.3 is 4.90 Å². The monoisotopic (exact) mass is 466 g/mol. The van der Waals surface area contributed by atoms with Crippen molar-refractivity contribution >= 4 is 12.0 Å². The molecule has 3 heteroatoms. The summed E-state index contributed by atoms with van der Waals surface area (Å²) in [5.41, 5.74) is 10.0. The van der Waals surface area contributed by atoms with Crippen LogP contribution in [0.15, 0.2) is 126 Å². The highest BCUT2D eigenvalue weighted by Gasteiger charge is 2.41. The van der Waals surface area contributed by atoms with Gasteiger partial charge in [0.1, 0.15) is 11.9 Å². The van der Waals surface area contributed by atoms with Crippen LogP contribution in [-0.4, -0.2) is 6.34 Å². The molecule has 5 aromatic rings. The Kier molecular flexibility index (Phi) is 4.81. The SMILES string of the molecule is Fc1ccc2c(c1)-c1ccccc1C1C2N=CN1c1c(-c2ccccc2)cccc1-c1ccccc1. The Morgan fingerprint density at radius 3 is 1.86 bits per heavy atom. The average Bonchev–Trinajstić information content (AvgIpc) is 3.39. The van der Waals surface area contributed by atoms with Crippen LogP contribution in [0.25, 0.3) is 33.4 Å². The number of para-hydroxylation sites is 1. The number of anilines is 1. The molecule has 0 radical (unpaired) electrons. The first-order valence-electron chi connectivity index (χ1n) is 12.2. The zero-order valence-corrected chi connectivity index (χ0v) is 19.6. The smallest absolute Gasteiger partial charge is 0.123 e. The fourth-order valence-corrected chi connectivity index (χ4v) is 5.76. The van der Waals surface area contributed by atoms with Gasteiger partial charge in [-0.1, -0.05) is 109 Å². The number of rotatable bonds is 3. The lowest BCUT2D eigenvalue weighted by molar-refractivity contribution is 0.596. The van der Waals surface area contributed by atoms with Crippen molar-refractivity contribution in [1.29, 1.82) is 0 Å². The Balaban J connectivity index is 1.48.